The Bertz CT molecular complexity index is 1690. The van der Waals surface area contributed by atoms with Crippen LogP contribution in [0.3, 0.4) is 0 Å². The molecule has 4 rings (SSSR count). The first kappa shape index (κ1) is 38.3. The van der Waals surface area contributed by atoms with Crippen molar-refractivity contribution in [2.24, 2.45) is 0 Å². The van der Waals surface area contributed by atoms with E-state index in [0.717, 1.165) is 24.8 Å². The molecule has 0 aromatic heterocycles. The number of carbonyl (C=O) groups is 4. The maximum atomic E-state index is 12.1. The molecule has 246 valence electrons. The van der Waals surface area contributed by atoms with Gasteiger partial charge in [0, 0.05) is 50.3 Å². The van der Waals surface area contributed by atoms with Crippen molar-refractivity contribution in [3.8, 4) is 5.75 Å². The van der Waals surface area contributed by atoms with Crippen LogP contribution < -0.4 is 10.1 Å². The third kappa shape index (κ3) is 13.5. The predicted octanol–water partition coefficient (Wildman–Crippen LogP) is 9.76. The molecule has 0 aliphatic carbocycles. The Kier molecular flexibility index (Phi) is 16.5. The predicted molar refractivity (Wildman–Crippen MR) is 193 cm³/mol. The third-order valence-corrected chi connectivity index (χ3v) is 9.90. The Balaban J connectivity index is 0.000000257. The first-order chi connectivity index (χ1) is 22.6. The summed E-state index contributed by atoms with van der Waals surface area (Å²) in [6, 6.07) is 24.3. The van der Waals surface area contributed by atoms with Crippen molar-refractivity contribution in [3.63, 3.8) is 0 Å². The molecule has 0 bridgehead atoms. The van der Waals surface area contributed by atoms with E-state index in [-0.39, 0.29) is 17.3 Å². The molecular formula is C34H30Cl3NO6S3. The highest BCUT2D eigenvalue weighted by Gasteiger charge is 2.14. The number of hydrogen-bond donors (Lipinski definition) is 3. The minimum atomic E-state index is -1.06. The van der Waals surface area contributed by atoms with Gasteiger partial charge in [0.1, 0.15) is 11.5 Å². The van der Waals surface area contributed by atoms with E-state index in [9.17, 15) is 24.3 Å². The van der Waals surface area contributed by atoms with Gasteiger partial charge in [-0.1, -0.05) is 82.3 Å². The summed E-state index contributed by atoms with van der Waals surface area (Å²) < 4.78 is 4.87. The Labute approximate surface area is 301 Å². The summed E-state index contributed by atoms with van der Waals surface area (Å²) in [6.07, 6.45) is 3.67. The van der Waals surface area contributed by atoms with Gasteiger partial charge >= 0.3 is 5.97 Å². The van der Waals surface area contributed by atoms with Gasteiger partial charge in [0.25, 0.3) is 12.4 Å². The molecule has 47 heavy (non-hydrogen) atoms. The van der Waals surface area contributed by atoms with E-state index in [4.69, 9.17) is 39.5 Å². The first-order valence-electron chi connectivity index (χ1n) is 14.2. The number of thiol groups is 1. The molecule has 13 heteroatoms. The van der Waals surface area contributed by atoms with Crippen LogP contribution in [0.5, 0.6) is 5.75 Å². The number of carbonyl (C=O) groups excluding carboxylic acids is 3. The fraction of sp³-hybridized carbons (Fsp3) is 0.176. The zero-order valence-electron chi connectivity index (χ0n) is 24.8. The standard InChI is InChI=1S/C20H22ClNO2S.C14H8Cl2O4S2/c21-16-10-11-19(25)18(14-16)20(24)22-12-6-2-5-9-17(23)13-15-7-3-1-4-8-15;15-8-1-3-12(10(5-8)14(18)19)21-22-13-4-2-9(16)6-11(13)20-7-17/h1,3-4,7-8,10-11,14,25H,2,5-6,9,12-13H2,(H,22,24);1-7H,(H,18,19). The second kappa shape index (κ2) is 20.3. The Morgan fingerprint density at radius 2 is 1.40 bits per heavy atom. The molecule has 4 aromatic rings. The number of ether oxygens (including phenoxy) is 1. The lowest BCUT2D eigenvalue weighted by Crippen LogP contribution is -2.24. The molecular weight excluding hydrogens is 721 g/mol. The number of unbranched alkanes of at least 4 members (excludes halogenated alkanes) is 2. The minimum Gasteiger partial charge on any atom is -0.478 e. The van der Waals surface area contributed by atoms with E-state index in [1.54, 1.807) is 42.5 Å². The van der Waals surface area contributed by atoms with Gasteiger partial charge in [-0.05, 0) is 77.7 Å². The number of Topliss-reactive ketones (excluding diaryl/α,β-unsaturated/α-hetero) is 1. The van der Waals surface area contributed by atoms with Crippen molar-refractivity contribution in [1.82, 2.24) is 5.32 Å². The van der Waals surface area contributed by atoms with Gasteiger partial charge < -0.3 is 15.2 Å². The highest BCUT2D eigenvalue weighted by atomic mass is 35.5. The number of carboxylic acids is 1. The van der Waals surface area contributed by atoms with E-state index in [1.165, 1.54) is 33.7 Å². The number of hydrogen-bond acceptors (Lipinski definition) is 8. The number of halogens is 3. The molecule has 0 radical (unpaired) electrons. The van der Waals surface area contributed by atoms with Crippen molar-refractivity contribution >= 4 is 93.2 Å². The quantitative estimate of drug-likeness (QED) is 0.0477. The molecule has 0 atom stereocenters. The summed E-state index contributed by atoms with van der Waals surface area (Å²) >= 11 is 21.8. The molecule has 1 amide bonds. The van der Waals surface area contributed by atoms with Crippen molar-refractivity contribution in [3.05, 3.63) is 117 Å². The minimum absolute atomic E-state index is 0.108. The smallest absolute Gasteiger partial charge is 0.336 e. The van der Waals surface area contributed by atoms with Gasteiger partial charge in [0.2, 0.25) is 0 Å². The fourth-order valence-electron chi connectivity index (χ4n) is 4.05. The normalized spacial score (nSPS) is 10.4. The number of carboxylic acid groups (broad SMARTS) is 1. The molecule has 0 saturated heterocycles. The highest BCUT2D eigenvalue weighted by Crippen LogP contribution is 2.44. The number of ketones is 1. The van der Waals surface area contributed by atoms with E-state index < -0.39 is 5.97 Å². The fourth-order valence-corrected chi connectivity index (χ4v) is 7.04. The second-order valence-electron chi connectivity index (χ2n) is 9.85. The Morgan fingerprint density at radius 1 is 0.787 bits per heavy atom. The number of nitrogens with one attached hydrogen (secondary N) is 1. The number of benzene rings is 4. The summed E-state index contributed by atoms with van der Waals surface area (Å²) in [5, 5.41) is 13.4. The van der Waals surface area contributed by atoms with Crippen LogP contribution in [0.2, 0.25) is 15.1 Å². The van der Waals surface area contributed by atoms with Crippen molar-refractivity contribution in [2.75, 3.05) is 6.54 Å². The molecule has 0 heterocycles. The zero-order chi connectivity index (χ0) is 34.2. The van der Waals surface area contributed by atoms with E-state index in [2.05, 4.69) is 17.9 Å². The molecule has 7 nitrogen and oxygen atoms in total. The van der Waals surface area contributed by atoms with Crippen LogP contribution in [-0.2, 0) is 16.0 Å². The van der Waals surface area contributed by atoms with Crippen molar-refractivity contribution < 1.29 is 29.0 Å². The maximum absolute atomic E-state index is 12.1. The molecule has 4 aromatic carbocycles. The molecule has 0 aliphatic heterocycles. The molecule has 0 spiro atoms. The number of amides is 1. The van der Waals surface area contributed by atoms with E-state index in [1.807, 2.05) is 30.3 Å². The largest absolute Gasteiger partial charge is 0.478 e. The van der Waals surface area contributed by atoms with Gasteiger partial charge in [0.05, 0.1) is 16.0 Å². The SMILES string of the molecule is O=C(CCCCCNC(=O)c1cc(Cl)ccc1S)Cc1ccccc1.O=COc1cc(Cl)ccc1SSc1ccc(Cl)cc1C(=O)O. The summed E-state index contributed by atoms with van der Waals surface area (Å²) in [5.74, 6) is -0.668. The first-order valence-corrected chi connectivity index (χ1v) is 17.9. The van der Waals surface area contributed by atoms with Gasteiger partial charge in [-0.15, -0.1) is 12.6 Å². The summed E-state index contributed by atoms with van der Waals surface area (Å²) in [6.45, 7) is 0.886. The van der Waals surface area contributed by atoms with E-state index in [0.29, 0.717) is 66.9 Å². The summed E-state index contributed by atoms with van der Waals surface area (Å²) in [4.78, 5) is 47.5. The average Bonchev–Trinajstić information content (AvgIpc) is 3.04. The molecule has 0 aliphatic rings. The average molecular weight is 751 g/mol. The number of rotatable bonds is 15. The van der Waals surface area contributed by atoms with Gasteiger partial charge in [0.15, 0.2) is 0 Å². The van der Waals surface area contributed by atoms with Gasteiger partial charge in [-0.2, -0.15) is 0 Å². The van der Waals surface area contributed by atoms with Crippen LogP contribution in [0.1, 0.15) is 52.0 Å². The molecule has 0 saturated carbocycles. The van der Waals surface area contributed by atoms with Gasteiger partial charge in [-0.3, -0.25) is 14.4 Å². The highest BCUT2D eigenvalue weighted by molar-refractivity contribution is 8.76. The van der Waals surface area contributed by atoms with Crippen LogP contribution in [0, 0.1) is 0 Å². The maximum Gasteiger partial charge on any atom is 0.336 e. The lowest BCUT2D eigenvalue weighted by atomic mass is 10.0. The van der Waals surface area contributed by atoms with Crippen molar-refractivity contribution in [1.29, 1.82) is 0 Å². The number of aromatic carboxylic acids is 1. The second-order valence-corrected chi connectivity index (χ2v) is 13.9. The Morgan fingerprint density at radius 3 is 2.09 bits per heavy atom. The monoisotopic (exact) mass is 749 g/mol. The van der Waals surface area contributed by atoms with Crippen LogP contribution >= 0.6 is 69.0 Å². The summed E-state index contributed by atoms with van der Waals surface area (Å²) in [5.41, 5.74) is 1.65. The van der Waals surface area contributed by atoms with Gasteiger partial charge in [-0.25, -0.2) is 4.79 Å². The molecule has 0 fully saturated rings. The lowest BCUT2D eigenvalue weighted by molar-refractivity contribution is -0.121. The zero-order valence-corrected chi connectivity index (χ0v) is 29.6. The molecule has 2 N–H and O–H groups in total. The topological polar surface area (TPSA) is 110 Å². The third-order valence-electron chi connectivity index (χ3n) is 6.34. The van der Waals surface area contributed by atoms with Crippen LogP contribution in [-0.4, -0.2) is 35.8 Å². The Hall–Kier alpha value is -3.12. The molecule has 0 unspecified atom stereocenters. The summed E-state index contributed by atoms with van der Waals surface area (Å²) in [7, 11) is 2.48. The van der Waals surface area contributed by atoms with E-state index >= 15 is 0 Å². The van der Waals surface area contributed by atoms with Crippen molar-refractivity contribution in [2.45, 2.75) is 46.8 Å². The van der Waals surface area contributed by atoms with Crippen LogP contribution in [0.4, 0.5) is 0 Å². The van der Waals surface area contributed by atoms with Crippen LogP contribution in [0.15, 0.2) is 99.6 Å². The lowest BCUT2D eigenvalue weighted by Gasteiger charge is -2.08. The van der Waals surface area contributed by atoms with Crippen LogP contribution in [0.25, 0.3) is 0 Å².